The molecule has 1 saturated heterocycles. The zero-order valence-electron chi connectivity index (χ0n) is 10.8. The minimum Gasteiger partial charge on any atom is -0.451 e. The predicted molar refractivity (Wildman–Crippen MR) is 66.3 cm³/mol. The smallest absolute Gasteiger partial charge is 0.178 e. The van der Waals surface area contributed by atoms with Crippen molar-refractivity contribution >= 4 is 0 Å². The summed E-state index contributed by atoms with van der Waals surface area (Å²) in [5.41, 5.74) is -1.26. The van der Waals surface area contributed by atoms with Crippen molar-refractivity contribution in [2.75, 3.05) is 0 Å². The molecule has 4 nitrogen and oxygen atoms in total. The van der Waals surface area contributed by atoms with Crippen LogP contribution in [-0.4, -0.2) is 11.2 Å². The molecule has 0 amide bonds. The summed E-state index contributed by atoms with van der Waals surface area (Å²) < 4.78 is 18.0. The molecule has 96 valence electrons. The van der Waals surface area contributed by atoms with Crippen LogP contribution in [0.25, 0.3) is 0 Å². The molecule has 1 fully saturated rings. The molecular formula is C15H13NO3. The van der Waals surface area contributed by atoms with Crippen molar-refractivity contribution in [3.05, 3.63) is 35.8 Å². The molecule has 1 aromatic rings. The van der Waals surface area contributed by atoms with E-state index >= 15 is 0 Å². The molecule has 3 aliphatic rings. The highest BCUT2D eigenvalue weighted by Gasteiger charge is 2.66. The third-order valence-corrected chi connectivity index (χ3v) is 4.26. The second-order valence-electron chi connectivity index (χ2n) is 5.63. The predicted octanol–water partition coefficient (Wildman–Crippen LogP) is 2.76. The molecule has 1 aromatic carbocycles. The van der Waals surface area contributed by atoms with Crippen molar-refractivity contribution in [2.45, 2.75) is 31.5 Å². The van der Waals surface area contributed by atoms with Crippen LogP contribution in [0.4, 0.5) is 0 Å². The normalized spacial score (nSPS) is 38.1. The molecule has 0 aliphatic carbocycles. The molecule has 2 bridgehead atoms. The fraction of sp³-hybridized carbons (Fsp3) is 0.400. The van der Waals surface area contributed by atoms with E-state index in [4.69, 9.17) is 14.2 Å². The number of ether oxygens (including phenoxy) is 3. The van der Waals surface area contributed by atoms with Gasteiger partial charge >= 0.3 is 0 Å². The van der Waals surface area contributed by atoms with Crippen LogP contribution >= 0.6 is 0 Å². The van der Waals surface area contributed by atoms with Crippen LogP contribution in [0.1, 0.15) is 20.3 Å². The number of para-hydroxylation sites is 2. The molecule has 3 aliphatic heterocycles. The summed E-state index contributed by atoms with van der Waals surface area (Å²) in [6.45, 7) is 3.87. The molecule has 0 unspecified atom stereocenters. The SMILES string of the molecule is C[C@@]12O[C@@](C)(C[C@H]1C#N)C1=C2Oc2ccccc2O1. The van der Waals surface area contributed by atoms with Crippen molar-refractivity contribution in [1.29, 1.82) is 5.26 Å². The van der Waals surface area contributed by atoms with Crippen molar-refractivity contribution < 1.29 is 14.2 Å². The Labute approximate surface area is 111 Å². The molecule has 3 heterocycles. The number of nitrogens with zero attached hydrogens (tertiary/aromatic N) is 1. The number of benzene rings is 1. The largest absolute Gasteiger partial charge is 0.451 e. The fourth-order valence-electron chi connectivity index (χ4n) is 3.28. The van der Waals surface area contributed by atoms with E-state index in [2.05, 4.69) is 6.07 Å². The summed E-state index contributed by atoms with van der Waals surface area (Å²) in [5.74, 6) is 2.56. The average Bonchev–Trinajstić information content (AvgIpc) is 2.81. The first-order chi connectivity index (χ1) is 9.07. The Morgan fingerprint density at radius 1 is 1.16 bits per heavy atom. The molecule has 0 spiro atoms. The monoisotopic (exact) mass is 255 g/mol. The first-order valence-corrected chi connectivity index (χ1v) is 6.36. The van der Waals surface area contributed by atoms with E-state index in [-0.39, 0.29) is 5.92 Å². The van der Waals surface area contributed by atoms with E-state index < -0.39 is 11.2 Å². The molecule has 4 rings (SSSR count). The van der Waals surface area contributed by atoms with E-state index in [1.54, 1.807) is 0 Å². The number of hydrogen-bond donors (Lipinski definition) is 0. The van der Waals surface area contributed by atoms with Crippen molar-refractivity contribution in [3.8, 4) is 17.6 Å². The summed E-state index contributed by atoms with van der Waals surface area (Å²) in [7, 11) is 0. The molecule has 0 N–H and O–H groups in total. The van der Waals surface area contributed by atoms with Crippen LogP contribution in [0.15, 0.2) is 35.8 Å². The van der Waals surface area contributed by atoms with Gasteiger partial charge in [-0.2, -0.15) is 5.26 Å². The van der Waals surface area contributed by atoms with Gasteiger partial charge in [-0.25, -0.2) is 0 Å². The van der Waals surface area contributed by atoms with Crippen LogP contribution in [0.3, 0.4) is 0 Å². The Kier molecular flexibility index (Phi) is 1.79. The fourth-order valence-corrected chi connectivity index (χ4v) is 3.28. The molecular weight excluding hydrogens is 242 g/mol. The summed E-state index contributed by atoms with van der Waals surface area (Å²) in [4.78, 5) is 0. The number of nitriles is 1. The summed E-state index contributed by atoms with van der Waals surface area (Å²) in [5, 5.41) is 9.30. The van der Waals surface area contributed by atoms with Gasteiger partial charge in [-0.1, -0.05) is 12.1 Å². The maximum absolute atomic E-state index is 9.30. The Hall–Kier alpha value is -1.99. The Bertz CT molecular complexity index is 660. The van der Waals surface area contributed by atoms with Crippen LogP contribution in [-0.2, 0) is 4.74 Å². The third kappa shape index (κ3) is 1.16. The lowest BCUT2D eigenvalue weighted by Crippen LogP contribution is -2.37. The van der Waals surface area contributed by atoms with Gasteiger partial charge in [0, 0.05) is 6.42 Å². The van der Waals surface area contributed by atoms with E-state index in [9.17, 15) is 5.26 Å². The van der Waals surface area contributed by atoms with Gasteiger partial charge in [-0.05, 0) is 26.0 Å². The van der Waals surface area contributed by atoms with E-state index in [0.29, 0.717) is 23.7 Å². The highest BCUT2D eigenvalue weighted by molar-refractivity contribution is 5.50. The minimum atomic E-state index is -0.702. The van der Waals surface area contributed by atoms with Gasteiger partial charge in [0.2, 0.25) is 0 Å². The van der Waals surface area contributed by atoms with E-state index in [1.807, 2.05) is 38.1 Å². The first-order valence-electron chi connectivity index (χ1n) is 6.36. The van der Waals surface area contributed by atoms with Gasteiger partial charge in [-0.15, -0.1) is 0 Å². The highest BCUT2D eigenvalue weighted by Crippen LogP contribution is 2.59. The summed E-state index contributed by atoms with van der Waals surface area (Å²) in [6.07, 6.45) is 0.643. The number of hydrogen-bond acceptors (Lipinski definition) is 4. The maximum Gasteiger partial charge on any atom is 0.178 e. The highest BCUT2D eigenvalue weighted by atomic mass is 16.6. The molecule has 3 atom stereocenters. The molecule has 19 heavy (non-hydrogen) atoms. The minimum absolute atomic E-state index is 0.204. The van der Waals surface area contributed by atoms with Crippen LogP contribution in [0, 0.1) is 17.2 Å². The topological polar surface area (TPSA) is 51.5 Å². The molecule has 0 radical (unpaired) electrons. The second kappa shape index (κ2) is 3.12. The van der Waals surface area contributed by atoms with E-state index in [0.717, 1.165) is 5.76 Å². The van der Waals surface area contributed by atoms with Crippen LogP contribution in [0.5, 0.6) is 11.5 Å². The third-order valence-electron chi connectivity index (χ3n) is 4.26. The zero-order valence-corrected chi connectivity index (χ0v) is 10.8. The number of fused-ring (bicyclic) bond motifs is 5. The van der Waals surface area contributed by atoms with Gasteiger partial charge < -0.3 is 14.2 Å². The van der Waals surface area contributed by atoms with Crippen molar-refractivity contribution in [2.24, 2.45) is 5.92 Å². The lowest BCUT2D eigenvalue weighted by atomic mass is 9.78. The number of rotatable bonds is 0. The van der Waals surface area contributed by atoms with E-state index in [1.165, 1.54) is 0 Å². The zero-order chi connectivity index (χ0) is 13.3. The Morgan fingerprint density at radius 2 is 1.79 bits per heavy atom. The van der Waals surface area contributed by atoms with Gasteiger partial charge in [-0.3, -0.25) is 0 Å². The van der Waals surface area contributed by atoms with Gasteiger partial charge in [0.15, 0.2) is 23.0 Å². The van der Waals surface area contributed by atoms with Gasteiger partial charge in [0.05, 0.1) is 12.0 Å². The lowest BCUT2D eigenvalue weighted by Gasteiger charge is -2.32. The van der Waals surface area contributed by atoms with Gasteiger partial charge in [0.25, 0.3) is 0 Å². The van der Waals surface area contributed by atoms with Crippen molar-refractivity contribution in [3.63, 3.8) is 0 Å². The quantitative estimate of drug-likeness (QED) is 0.715. The van der Waals surface area contributed by atoms with Crippen LogP contribution < -0.4 is 9.47 Å². The molecule has 0 saturated carbocycles. The Morgan fingerprint density at radius 3 is 2.42 bits per heavy atom. The summed E-state index contributed by atoms with van der Waals surface area (Å²) >= 11 is 0. The molecule has 4 heteroatoms. The lowest BCUT2D eigenvalue weighted by molar-refractivity contribution is -0.0410. The van der Waals surface area contributed by atoms with Crippen LogP contribution in [0.2, 0.25) is 0 Å². The maximum atomic E-state index is 9.30. The average molecular weight is 255 g/mol. The summed E-state index contributed by atoms with van der Waals surface area (Å²) in [6, 6.07) is 9.86. The standard InChI is InChI=1S/C15H13NO3/c1-14-7-9(8-16)15(2,19-14)13-12(14)17-10-5-3-4-6-11(10)18-13/h3-6,9H,7H2,1-2H3/t9-,14-,15+/m0/s1. The Balaban J connectivity index is 1.87. The van der Waals surface area contributed by atoms with Crippen molar-refractivity contribution in [1.82, 2.24) is 0 Å². The second-order valence-corrected chi connectivity index (χ2v) is 5.63. The van der Waals surface area contributed by atoms with Gasteiger partial charge in [0.1, 0.15) is 11.2 Å². The first kappa shape index (κ1) is 10.9. The molecule has 0 aromatic heterocycles.